The summed E-state index contributed by atoms with van der Waals surface area (Å²) in [5, 5.41) is 2.25. The van der Waals surface area contributed by atoms with Crippen LogP contribution in [0.15, 0.2) is 12.7 Å². The number of carbonyl (C=O) groups is 2. The molecule has 0 radical (unpaired) electrons. The van der Waals surface area contributed by atoms with Gasteiger partial charge in [-0.05, 0) is 27.2 Å². The number of esters is 1. The van der Waals surface area contributed by atoms with Crippen LogP contribution in [0.2, 0.25) is 0 Å². The van der Waals surface area contributed by atoms with Crippen molar-refractivity contribution >= 4 is 12.1 Å². The Labute approximate surface area is 110 Å². The van der Waals surface area contributed by atoms with Gasteiger partial charge in [-0.2, -0.15) is 0 Å². The van der Waals surface area contributed by atoms with Gasteiger partial charge in [0.25, 0.3) is 0 Å². The summed E-state index contributed by atoms with van der Waals surface area (Å²) in [5.74, 6) is -0.508. The number of alkyl carbamates (subject to hydrolysis) is 1. The molecule has 0 aromatic carbocycles. The molecule has 0 bridgehead atoms. The van der Waals surface area contributed by atoms with Crippen molar-refractivity contribution in [1.29, 1.82) is 0 Å². The Morgan fingerprint density at radius 2 is 1.89 bits per heavy atom. The average molecular weight is 259 g/mol. The van der Waals surface area contributed by atoms with Crippen molar-refractivity contribution < 1.29 is 19.1 Å². The van der Waals surface area contributed by atoms with E-state index in [4.69, 9.17) is 4.74 Å². The molecule has 106 valence electrons. The van der Waals surface area contributed by atoms with Gasteiger partial charge >= 0.3 is 12.1 Å². The lowest BCUT2D eigenvalue weighted by Crippen LogP contribution is -2.35. The van der Waals surface area contributed by atoms with Gasteiger partial charge in [-0.25, -0.2) is 4.79 Å². The number of unbranched alkanes of at least 4 members (excludes halogenated alkanes) is 1. The quantitative estimate of drug-likeness (QED) is 0.622. The smallest absolute Gasteiger partial charge is 0.408 e. The van der Waals surface area contributed by atoms with Crippen molar-refractivity contribution in [2.45, 2.75) is 46.1 Å². The lowest BCUT2D eigenvalue weighted by molar-refractivity contribution is -0.139. The predicted octanol–water partition coefficient (Wildman–Crippen LogP) is 2.66. The van der Waals surface area contributed by atoms with Crippen LogP contribution < -0.4 is 5.32 Å². The second-order valence-electron chi connectivity index (χ2n) is 4.51. The molecular weight excluding hydrogens is 234 g/mol. The fourth-order valence-corrected chi connectivity index (χ4v) is 0.735. The van der Waals surface area contributed by atoms with E-state index < -0.39 is 17.7 Å². The molecule has 0 spiro atoms. The van der Waals surface area contributed by atoms with Gasteiger partial charge in [0, 0.05) is 0 Å². The topological polar surface area (TPSA) is 64.6 Å². The van der Waals surface area contributed by atoms with E-state index in [1.165, 1.54) is 13.5 Å². The van der Waals surface area contributed by atoms with E-state index in [0.717, 1.165) is 6.42 Å². The molecule has 0 aliphatic carbocycles. The molecule has 0 aliphatic rings. The Morgan fingerprint density at radius 3 is 2.17 bits per heavy atom. The lowest BCUT2D eigenvalue weighted by Gasteiger charge is -2.19. The largest absolute Gasteiger partial charge is 0.468 e. The van der Waals surface area contributed by atoms with Crippen LogP contribution in [0.3, 0.4) is 0 Å². The second-order valence-corrected chi connectivity index (χ2v) is 4.51. The zero-order valence-electron chi connectivity index (χ0n) is 12.0. The molecule has 0 aliphatic heterocycles. The van der Waals surface area contributed by atoms with Crippen LogP contribution in [0.1, 0.15) is 40.5 Å². The van der Waals surface area contributed by atoms with Crippen LogP contribution in [-0.4, -0.2) is 31.3 Å². The van der Waals surface area contributed by atoms with Crippen molar-refractivity contribution in [2.75, 3.05) is 13.7 Å². The zero-order chi connectivity index (χ0) is 14.6. The number of nitrogens with one attached hydrogen (secondary N) is 1. The highest BCUT2D eigenvalue weighted by molar-refractivity contribution is 5.77. The molecule has 0 atom stereocenters. The lowest BCUT2D eigenvalue weighted by atomic mass is 10.2. The van der Waals surface area contributed by atoms with Crippen LogP contribution >= 0.6 is 0 Å². The van der Waals surface area contributed by atoms with E-state index in [-0.39, 0.29) is 6.54 Å². The Hall–Kier alpha value is -1.52. The molecule has 0 aromatic heterocycles. The minimum atomic E-state index is -0.627. The van der Waals surface area contributed by atoms with Crippen molar-refractivity contribution in [2.24, 2.45) is 0 Å². The summed E-state index contributed by atoms with van der Waals surface area (Å²) in [6.45, 7) is 10.7. The molecular formula is C13H25NO4. The average Bonchev–Trinajstić information content (AvgIpc) is 2.25. The predicted molar refractivity (Wildman–Crippen MR) is 71.4 cm³/mol. The molecule has 0 saturated carbocycles. The molecule has 1 N–H and O–H groups in total. The van der Waals surface area contributed by atoms with Crippen LogP contribution in [-0.2, 0) is 14.3 Å². The Bertz CT molecular complexity index is 256. The minimum Gasteiger partial charge on any atom is -0.468 e. The molecule has 0 heterocycles. The summed E-state index contributed by atoms with van der Waals surface area (Å²) in [7, 11) is 1.25. The van der Waals surface area contributed by atoms with Gasteiger partial charge < -0.3 is 14.8 Å². The summed E-state index contributed by atoms with van der Waals surface area (Å²) in [5.41, 5.74) is -0.555. The molecule has 0 saturated heterocycles. The third-order valence-corrected chi connectivity index (χ3v) is 1.50. The number of amides is 1. The van der Waals surface area contributed by atoms with Crippen molar-refractivity contribution in [1.82, 2.24) is 5.32 Å². The standard InChI is InChI=1S/C8H15NO4.C5H10/c1-8(2,3)13-7(11)9-5-6(10)12-4;1-3-5-4-2/h5H2,1-4H3,(H,9,11);3H,1,4-5H2,2H3. The van der Waals surface area contributed by atoms with E-state index in [0.29, 0.717) is 0 Å². The van der Waals surface area contributed by atoms with E-state index in [1.54, 1.807) is 20.8 Å². The highest BCUT2D eigenvalue weighted by atomic mass is 16.6. The number of rotatable bonds is 4. The first-order chi connectivity index (χ1) is 8.26. The van der Waals surface area contributed by atoms with Gasteiger partial charge in [0.15, 0.2) is 0 Å². The molecule has 5 heteroatoms. The minimum absolute atomic E-state index is 0.175. The first-order valence-electron chi connectivity index (χ1n) is 5.91. The van der Waals surface area contributed by atoms with E-state index >= 15 is 0 Å². The Morgan fingerprint density at radius 1 is 1.33 bits per heavy atom. The monoisotopic (exact) mass is 259 g/mol. The summed E-state index contributed by atoms with van der Waals surface area (Å²) in [4.78, 5) is 21.5. The van der Waals surface area contributed by atoms with Crippen LogP contribution in [0, 0.1) is 0 Å². The van der Waals surface area contributed by atoms with Crippen molar-refractivity contribution in [3.05, 3.63) is 12.7 Å². The number of methoxy groups -OCH3 is 1. The molecule has 0 fully saturated rings. The van der Waals surface area contributed by atoms with Crippen molar-refractivity contribution in [3.8, 4) is 0 Å². The summed E-state index contributed by atoms with van der Waals surface area (Å²) >= 11 is 0. The van der Waals surface area contributed by atoms with E-state index in [2.05, 4.69) is 23.6 Å². The third kappa shape index (κ3) is 16.9. The fraction of sp³-hybridized carbons (Fsp3) is 0.692. The number of hydrogen-bond donors (Lipinski definition) is 1. The number of carbonyl (C=O) groups excluding carboxylic acids is 2. The number of hydrogen-bond acceptors (Lipinski definition) is 4. The zero-order valence-corrected chi connectivity index (χ0v) is 12.0. The highest BCUT2D eigenvalue weighted by Crippen LogP contribution is 2.05. The van der Waals surface area contributed by atoms with Gasteiger partial charge in [-0.1, -0.05) is 19.4 Å². The van der Waals surface area contributed by atoms with Gasteiger partial charge in [-0.3, -0.25) is 4.79 Å². The number of ether oxygens (including phenoxy) is 2. The van der Waals surface area contributed by atoms with Crippen molar-refractivity contribution in [3.63, 3.8) is 0 Å². The normalized spacial score (nSPS) is 9.61. The third-order valence-electron chi connectivity index (χ3n) is 1.50. The highest BCUT2D eigenvalue weighted by Gasteiger charge is 2.16. The fourth-order valence-electron chi connectivity index (χ4n) is 0.735. The summed E-state index contributed by atoms with van der Waals surface area (Å²) in [6.07, 6.45) is 3.68. The maximum absolute atomic E-state index is 10.9. The van der Waals surface area contributed by atoms with Crippen LogP contribution in [0.5, 0.6) is 0 Å². The summed E-state index contributed by atoms with van der Waals surface area (Å²) in [6, 6.07) is 0. The molecule has 5 nitrogen and oxygen atoms in total. The summed E-state index contributed by atoms with van der Waals surface area (Å²) < 4.78 is 9.20. The van der Waals surface area contributed by atoms with Crippen LogP contribution in [0.4, 0.5) is 4.79 Å². The Kier molecular flexibility index (Phi) is 11.1. The van der Waals surface area contributed by atoms with Gasteiger partial charge in [-0.15, -0.1) is 6.58 Å². The molecule has 1 amide bonds. The van der Waals surface area contributed by atoms with Gasteiger partial charge in [0.2, 0.25) is 0 Å². The first-order valence-corrected chi connectivity index (χ1v) is 5.91. The number of allylic oxidation sites excluding steroid dienone is 1. The first kappa shape index (κ1) is 18.8. The maximum atomic E-state index is 10.9. The van der Waals surface area contributed by atoms with E-state index in [9.17, 15) is 9.59 Å². The molecule has 0 aromatic rings. The maximum Gasteiger partial charge on any atom is 0.408 e. The van der Waals surface area contributed by atoms with Crippen LogP contribution in [0.25, 0.3) is 0 Å². The van der Waals surface area contributed by atoms with Gasteiger partial charge in [0.1, 0.15) is 12.1 Å². The molecule has 0 rings (SSSR count). The Balaban J connectivity index is 0. The van der Waals surface area contributed by atoms with Gasteiger partial charge in [0.05, 0.1) is 7.11 Å². The molecule has 0 unspecified atom stereocenters. The SMILES string of the molecule is C=CCCC.COC(=O)CNC(=O)OC(C)(C)C. The second kappa shape index (κ2) is 10.6. The van der Waals surface area contributed by atoms with E-state index in [1.807, 2.05) is 6.08 Å². The molecule has 18 heavy (non-hydrogen) atoms.